The fourth-order valence-corrected chi connectivity index (χ4v) is 1.41. The summed E-state index contributed by atoms with van der Waals surface area (Å²) in [5.41, 5.74) is -0.0681. The Bertz CT molecular complexity index is 359. The molecule has 0 aliphatic rings. The second-order valence-electron chi connectivity index (χ2n) is 4.00. The normalized spacial score (nSPS) is 11.2. The molecule has 5 nitrogen and oxygen atoms in total. The van der Waals surface area contributed by atoms with Crippen LogP contribution in [-0.4, -0.2) is 26.7 Å². The van der Waals surface area contributed by atoms with Crippen LogP contribution < -0.4 is 4.90 Å². The summed E-state index contributed by atoms with van der Waals surface area (Å²) in [5.74, 6) is 0. The Labute approximate surface area is 96.3 Å². The van der Waals surface area contributed by atoms with Crippen LogP contribution in [0.3, 0.4) is 0 Å². The first kappa shape index (κ1) is 11.9. The zero-order chi connectivity index (χ0) is 11.6. The van der Waals surface area contributed by atoms with Crippen molar-refractivity contribution in [2.45, 2.75) is 26.3 Å². The number of rotatable bonds is 1. The van der Waals surface area contributed by atoms with E-state index >= 15 is 0 Å². The molecule has 0 atom stereocenters. The highest BCUT2D eigenvalue weighted by Gasteiger charge is 2.28. The van der Waals surface area contributed by atoms with Crippen LogP contribution in [-0.2, 0) is 0 Å². The van der Waals surface area contributed by atoms with Gasteiger partial charge in [-0.2, -0.15) is 0 Å². The maximum atomic E-state index is 11.1. The Morgan fingerprint density at radius 1 is 1.40 bits per heavy atom. The highest BCUT2D eigenvalue weighted by atomic mass is 79.9. The van der Waals surface area contributed by atoms with Crippen molar-refractivity contribution in [1.29, 1.82) is 0 Å². The highest BCUT2D eigenvalue weighted by Crippen LogP contribution is 2.22. The van der Waals surface area contributed by atoms with Gasteiger partial charge in [0.1, 0.15) is 0 Å². The quantitative estimate of drug-likeness (QED) is 0.799. The first-order valence-corrected chi connectivity index (χ1v) is 5.12. The van der Waals surface area contributed by atoms with Gasteiger partial charge in [-0.3, -0.25) is 4.90 Å². The summed E-state index contributed by atoms with van der Waals surface area (Å²) in [6, 6.07) is 0. The van der Waals surface area contributed by atoms with Crippen molar-refractivity contribution in [1.82, 2.24) is 9.97 Å². The molecule has 0 aromatic carbocycles. The lowest BCUT2D eigenvalue weighted by molar-refractivity contribution is 0.195. The maximum Gasteiger partial charge on any atom is 0.412 e. The largest absolute Gasteiger partial charge is 0.465 e. The van der Waals surface area contributed by atoms with Crippen LogP contribution in [0, 0.1) is 0 Å². The molecule has 0 aliphatic carbocycles. The maximum absolute atomic E-state index is 11.1. The van der Waals surface area contributed by atoms with Gasteiger partial charge in [0.05, 0.1) is 18.1 Å². The van der Waals surface area contributed by atoms with Gasteiger partial charge >= 0.3 is 6.09 Å². The zero-order valence-corrected chi connectivity index (χ0v) is 10.3. The Morgan fingerprint density at radius 3 is 2.20 bits per heavy atom. The van der Waals surface area contributed by atoms with Crippen molar-refractivity contribution < 1.29 is 9.90 Å². The molecule has 0 unspecified atom stereocenters. The molecule has 0 bridgehead atoms. The molecule has 1 amide bonds. The summed E-state index contributed by atoms with van der Waals surface area (Å²) in [5, 5.41) is 9.09. The molecule has 0 saturated heterocycles. The summed E-state index contributed by atoms with van der Waals surface area (Å²) in [4.78, 5) is 20.1. The third-order valence-corrected chi connectivity index (χ3v) is 2.14. The van der Waals surface area contributed by atoms with E-state index in [0.29, 0.717) is 10.4 Å². The van der Waals surface area contributed by atoms with Crippen LogP contribution >= 0.6 is 15.9 Å². The molecule has 82 valence electrons. The molecule has 0 radical (unpaired) electrons. The Hall–Kier alpha value is -1.17. The van der Waals surface area contributed by atoms with E-state index in [-0.39, 0.29) is 0 Å². The average molecular weight is 274 g/mol. The van der Waals surface area contributed by atoms with Gasteiger partial charge in [-0.05, 0) is 36.7 Å². The van der Waals surface area contributed by atoms with Crippen LogP contribution in [0.4, 0.5) is 10.5 Å². The molecule has 15 heavy (non-hydrogen) atoms. The van der Waals surface area contributed by atoms with E-state index in [4.69, 9.17) is 5.11 Å². The number of hydrogen-bond donors (Lipinski definition) is 1. The molecular weight excluding hydrogens is 262 g/mol. The van der Waals surface area contributed by atoms with Crippen LogP contribution in [0.5, 0.6) is 0 Å². The van der Waals surface area contributed by atoms with Gasteiger partial charge in [-0.15, -0.1) is 0 Å². The molecule has 0 spiro atoms. The molecule has 0 saturated carbocycles. The van der Waals surface area contributed by atoms with Crippen molar-refractivity contribution in [3.63, 3.8) is 0 Å². The van der Waals surface area contributed by atoms with Crippen LogP contribution in [0.25, 0.3) is 0 Å². The van der Waals surface area contributed by atoms with Gasteiger partial charge in [0, 0.05) is 5.54 Å². The molecule has 6 heteroatoms. The first-order valence-electron chi connectivity index (χ1n) is 4.33. The summed E-state index contributed by atoms with van der Waals surface area (Å²) in [6.45, 7) is 5.43. The summed E-state index contributed by atoms with van der Waals surface area (Å²) >= 11 is 3.09. The van der Waals surface area contributed by atoms with E-state index in [1.165, 1.54) is 17.3 Å². The van der Waals surface area contributed by atoms with Crippen molar-refractivity contribution in [3.8, 4) is 0 Å². The monoisotopic (exact) mass is 273 g/mol. The van der Waals surface area contributed by atoms with Crippen molar-refractivity contribution in [2.75, 3.05) is 4.90 Å². The SMILES string of the molecule is CC(C)(C)N(C(=O)O)c1cnc(Br)nc1. The molecule has 0 fully saturated rings. The predicted octanol–water partition coefficient (Wildman–Crippen LogP) is 2.52. The summed E-state index contributed by atoms with van der Waals surface area (Å²) in [7, 11) is 0. The number of anilines is 1. The highest BCUT2D eigenvalue weighted by molar-refractivity contribution is 9.10. The van der Waals surface area contributed by atoms with E-state index in [2.05, 4.69) is 25.9 Å². The van der Waals surface area contributed by atoms with Crippen LogP contribution in [0.15, 0.2) is 17.1 Å². The number of carboxylic acid groups (broad SMARTS) is 1. The second-order valence-corrected chi connectivity index (χ2v) is 4.71. The van der Waals surface area contributed by atoms with E-state index < -0.39 is 11.6 Å². The van der Waals surface area contributed by atoms with Gasteiger partial charge in [0.15, 0.2) is 4.73 Å². The fourth-order valence-electron chi connectivity index (χ4n) is 1.21. The minimum atomic E-state index is -1.02. The number of amides is 1. The fraction of sp³-hybridized carbons (Fsp3) is 0.444. The average Bonchev–Trinajstić information content (AvgIpc) is 2.05. The minimum Gasteiger partial charge on any atom is -0.465 e. The van der Waals surface area contributed by atoms with Crippen LogP contribution in [0.2, 0.25) is 0 Å². The molecule has 1 aromatic heterocycles. The molecule has 1 aromatic rings. The van der Waals surface area contributed by atoms with Crippen molar-refractivity contribution >= 4 is 27.7 Å². The lowest BCUT2D eigenvalue weighted by atomic mass is 10.1. The Morgan fingerprint density at radius 2 is 1.87 bits per heavy atom. The van der Waals surface area contributed by atoms with Crippen molar-refractivity contribution in [2.24, 2.45) is 0 Å². The van der Waals surface area contributed by atoms with E-state index in [1.54, 1.807) is 0 Å². The van der Waals surface area contributed by atoms with Gasteiger partial charge in [-0.1, -0.05) is 0 Å². The molecule has 0 aliphatic heterocycles. The zero-order valence-electron chi connectivity index (χ0n) is 8.73. The molecule has 1 rings (SSSR count). The predicted molar refractivity (Wildman–Crippen MR) is 60.0 cm³/mol. The first-order chi connectivity index (χ1) is 6.82. The summed E-state index contributed by atoms with van der Waals surface area (Å²) in [6.07, 6.45) is 1.92. The molecule has 1 heterocycles. The number of halogens is 1. The Balaban J connectivity index is 3.11. The van der Waals surface area contributed by atoms with E-state index in [1.807, 2.05) is 20.8 Å². The van der Waals surface area contributed by atoms with Gasteiger partial charge in [0.25, 0.3) is 0 Å². The van der Waals surface area contributed by atoms with E-state index in [0.717, 1.165) is 0 Å². The smallest absolute Gasteiger partial charge is 0.412 e. The topological polar surface area (TPSA) is 66.3 Å². The standard InChI is InChI=1S/C9H12BrN3O2/c1-9(2,3)13(8(14)15)6-4-11-7(10)12-5-6/h4-5H,1-3H3,(H,14,15). The second kappa shape index (κ2) is 4.14. The number of carbonyl (C=O) groups is 1. The third-order valence-electron chi connectivity index (χ3n) is 1.73. The number of aromatic nitrogens is 2. The lowest BCUT2D eigenvalue weighted by Gasteiger charge is -2.32. The van der Waals surface area contributed by atoms with Crippen LogP contribution in [0.1, 0.15) is 20.8 Å². The lowest BCUT2D eigenvalue weighted by Crippen LogP contribution is -2.45. The third kappa shape index (κ3) is 2.89. The summed E-state index contributed by atoms with van der Waals surface area (Å²) < 4.78 is 0.436. The van der Waals surface area contributed by atoms with Gasteiger partial charge < -0.3 is 5.11 Å². The minimum absolute atomic E-state index is 0.436. The molecule has 1 N–H and O–H groups in total. The Kier molecular flexibility index (Phi) is 3.28. The van der Waals surface area contributed by atoms with E-state index in [9.17, 15) is 4.79 Å². The van der Waals surface area contributed by atoms with Gasteiger partial charge in [0.2, 0.25) is 0 Å². The van der Waals surface area contributed by atoms with Gasteiger partial charge in [-0.25, -0.2) is 14.8 Å². The van der Waals surface area contributed by atoms with Crippen molar-refractivity contribution in [3.05, 3.63) is 17.1 Å². The number of hydrogen-bond acceptors (Lipinski definition) is 3. The molecular formula is C9H12BrN3O2. The number of nitrogens with zero attached hydrogens (tertiary/aromatic N) is 3.